The number of nitrogens with one attached hydrogen (secondary N) is 1. The lowest BCUT2D eigenvalue weighted by Crippen LogP contribution is -2.43. The summed E-state index contributed by atoms with van der Waals surface area (Å²) in [6.07, 6.45) is 0. The van der Waals surface area contributed by atoms with Gasteiger partial charge in [-0.3, -0.25) is 0 Å². The fourth-order valence-electron chi connectivity index (χ4n) is 1.27. The average Bonchev–Trinajstić information content (AvgIpc) is 2.54. The van der Waals surface area contributed by atoms with Crippen molar-refractivity contribution in [3.63, 3.8) is 0 Å². The summed E-state index contributed by atoms with van der Waals surface area (Å²) in [5.41, 5.74) is 0. The standard InChI is InChI=1S/C7H12N4S.2ClH/c1-6-9-10-7(12-6)11-4-2-8-3-5-11;;/h8H,2-5H2,1H3;2*1H. The van der Waals surface area contributed by atoms with Crippen LogP contribution < -0.4 is 10.2 Å². The van der Waals surface area contributed by atoms with E-state index in [1.807, 2.05) is 6.92 Å². The van der Waals surface area contributed by atoms with Gasteiger partial charge in [-0.15, -0.1) is 35.0 Å². The van der Waals surface area contributed by atoms with Crippen LogP contribution in [-0.2, 0) is 0 Å². The molecule has 0 radical (unpaired) electrons. The second kappa shape index (κ2) is 6.40. The number of rotatable bonds is 1. The van der Waals surface area contributed by atoms with Gasteiger partial charge in [-0.1, -0.05) is 11.3 Å². The summed E-state index contributed by atoms with van der Waals surface area (Å²) >= 11 is 1.67. The number of halogens is 2. The summed E-state index contributed by atoms with van der Waals surface area (Å²) in [5.74, 6) is 0. The molecule has 1 aromatic rings. The average molecular weight is 257 g/mol. The Hall–Kier alpha value is -0.100. The Morgan fingerprint density at radius 3 is 2.36 bits per heavy atom. The van der Waals surface area contributed by atoms with Gasteiger partial charge in [-0.25, -0.2) is 0 Å². The van der Waals surface area contributed by atoms with E-state index in [0.29, 0.717) is 0 Å². The lowest BCUT2D eigenvalue weighted by atomic mass is 10.4. The fourth-order valence-corrected chi connectivity index (χ4v) is 2.01. The molecular weight excluding hydrogens is 243 g/mol. The van der Waals surface area contributed by atoms with Crippen LogP contribution in [0.15, 0.2) is 0 Å². The smallest absolute Gasteiger partial charge is 0.208 e. The van der Waals surface area contributed by atoms with Crippen LogP contribution >= 0.6 is 36.2 Å². The summed E-state index contributed by atoms with van der Waals surface area (Å²) in [6, 6.07) is 0. The Kier molecular flexibility index (Phi) is 6.35. The van der Waals surface area contributed by atoms with E-state index in [-0.39, 0.29) is 24.8 Å². The number of anilines is 1. The first kappa shape index (κ1) is 13.9. The van der Waals surface area contributed by atoms with Crippen molar-refractivity contribution in [2.75, 3.05) is 31.1 Å². The second-order valence-electron chi connectivity index (χ2n) is 2.84. The lowest BCUT2D eigenvalue weighted by molar-refractivity contribution is 0.587. The lowest BCUT2D eigenvalue weighted by Gasteiger charge is -2.26. The Bertz CT molecular complexity index is 262. The van der Waals surface area contributed by atoms with Crippen LogP contribution in [0.5, 0.6) is 0 Å². The van der Waals surface area contributed by atoms with Gasteiger partial charge in [0.05, 0.1) is 0 Å². The molecule has 0 atom stereocenters. The summed E-state index contributed by atoms with van der Waals surface area (Å²) in [6.45, 7) is 6.20. The van der Waals surface area contributed by atoms with Crippen LogP contribution in [-0.4, -0.2) is 36.4 Å². The third-order valence-electron chi connectivity index (χ3n) is 1.90. The third-order valence-corrected chi connectivity index (χ3v) is 2.80. The first-order valence-electron chi connectivity index (χ1n) is 4.12. The number of aromatic nitrogens is 2. The molecule has 0 aromatic carbocycles. The molecule has 7 heteroatoms. The summed E-state index contributed by atoms with van der Waals surface area (Å²) in [7, 11) is 0. The van der Waals surface area contributed by atoms with Crippen molar-refractivity contribution < 1.29 is 0 Å². The Morgan fingerprint density at radius 1 is 1.21 bits per heavy atom. The molecule has 0 aliphatic carbocycles. The summed E-state index contributed by atoms with van der Waals surface area (Å²) in [4.78, 5) is 2.28. The summed E-state index contributed by atoms with van der Waals surface area (Å²) < 4.78 is 0. The number of aryl methyl sites for hydroxylation is 1. The van der Waals surface area contributed by atoms with Crippen molar-refractivity contribution in [2.24, 2.45) is 0 Å². The van der Waals surface area contributed by atoms with Gasteiger partial charge in [0.1, 0.15) is 5.01 Å². The van der Waals surface area contributed by atoms with Crippen molar-refractivity contribution in [1.82, 2.24) is 15.5 Å². The highest BCUT2D eigenvalue weighted by atomic mass is 35.5. The first-order valence-corrected chi connectivity index (χ1v) is 4.94. The number of hydrogen-bond acceptors (Lipinski definition) is 5. The van der Waals surface area contributed by atoms with Gasteiger partial charge < -0.3 is 10.2 Å². The van der Waals surface area contributed by atoms with Gasteiger partial charge in [-0.05, 0) is 6.92 Å². The van der Waals surface area contributed by atoms with Crippen molar-refractivity contribution in [1.29, 1.82) is 0 Å². The van der Waals surface area contributed by atoms with Crippen LogP contribution in [0.1, 0.15) is 5.01 Å². The Balaban J connectivity index is 0.000000845. The summed E-state index contributed by atoms with van der Waals surface area (Å²) in [5, 5.41) is 13.5. The molecule has 1 saturated heterocycles. The molecule has 14 heavy (non-hydrogen) atoms. The number of piperazine rings is 1. The van der Waals surface area contributed by atoms with E-state index in [1.54, 1.807) is 11.3 Å². The zero-order valence-corrected chi connectivity index (χ0v) is 10.3. The largest absolute Gasteiger partial charge is 0.344 e. The van der Waals surface area contributed by atoms with E-state index < -0.39 is 0 Å². The highest BCUT2D eigenvalue weighted by Crippen LogP contribution is 2.19. The Morgan fingerprint density at radius 2 is 1.86 bits per heavy atom. The zero-order valence-electron chi connectivity index (χ0n) is 7.89. The van der Waals surface area contributed by atoms with Crippen LogP contribution in [0.2, 0.25) is 0 Å². The SMILES string of the molecule is Cc1nnc(N2CCNCC2)s1.Cl.Cl. The molecule has 82 valence electrons. The predicted octanol–water partition coefficient (Wildman–Crippen LogP) is 1.10. The van der Waals surface area contributed by atoms with Crippen molar-refractivity contribution in [3.05, 3.63) is 5.01 Å². The molecule has 4 nitrogen and oxygen atoms in total. The molecular formula is C7H14Cl2N4S. The van der Waals surface area contributed by atoms with Gasteiger partial charge in [0.15, 0.2) is 0 Å². The van der Waals surface area contributed by atoms with E-state index in [9.17, 15) is 0 Å². The van der Waals surface area contributed by atoms with Crippen LogP contribution in [0.4, 0.5) is 5.13 Å². The molecule has 1 fully saturated rings. The minimum atomic E-state index is 0. The molecule has 1 aliphatic heterocycles. The molecule has 2 heterocycles. The van der Waals surface area contributed by atoms with Gasteiger partial charge in [0.25, 0.3) is 0 Å². The van der Waals surface area contributed by atoms with E-state index in [0.717, 1.165) is 36.3 Å². The van der Waals surface area contributed by atoms with E-state index in [1.165, 1.54) is 0 Å². The van der Waals surface area contributed by atoms with Crippen LogP contribution in [0.25, 0.3) is 0 Å². The molecule has 2 rings (SSSR count). The topological polar surface area (TPSA) is 41.1 Å². The fraction of sp³-hybridized carbons (Fsp3) is 0.714. The van der Waals surface area contributed by atoms with Gasteiger partial charge in [0.2, 0.25) is 5.13 Å². The molecule has 1 aromatic heterocycles. The highest BCUT2D eigenvalue weighted by Gasteiger charge is 2.13. The van der Waals surface area contributed by atoms with Crippen molar-refractivity contribution >= 4 is 41.3 Å². The zero-order chi connectivity index (χ0) is 8.39. The Labute approximate surface area is 99.9 Å². The number of nitrogens with zero attached hydrogens (tertiary/aromatic N) is 3. The molecule has 0 amide bonds. The predicted molar refractivity (Wildman–Crippen MR) is 64.2 cm³/mol. The normalized spacial score (nSPS) is 15.6. The van der Waals surface area contributed by atoms with Gasteiger partial charge in [0, 0.05) is 26.2 Å². The highest BCUT2D eigenvalue weighted by molar-refractivity contribution is 7.15. The van der Waals surface area contributed by atoms with E-state index in [2.05, 4.69) is 20.4 Å². The second-order valence-corrected chi connectivity index (χ2v) is 4.00. The van der Waals surface area contributed by atoms with Crippen molar-refractivity contribution in [2.45, 2.75) is 6.92 Å². The molecule has 1 N–H and O–H groups in total. The minimum Gasteiger partial charge on any atom is -0.344 e. The van der Waals surface area contributed by atoms with E-state index in [4.69, 9.17) is 0 Å². The van der Waals surface area contributed by atoms with E-state index >= 15 is 0 Å². The monoisotopic (exact) mass is 256 g/mol. The molecule has 1 aliphatic rings. The third kappa shape index (κ3) is 3.24. The quantitative estimate of drug-likeness (QED) is 0.818. The van der Waals surface area contributed by atoms with Gasteiger partial charge >= 0.3 is 0 Å². The minimum absolute atomic E-state index is 0. The maximum atomic E-state index is 4.11. The molecule has 0 spiro atoms. The first-order chi connectivity index (χ1) is 5.86. The van der Waals surface area contributed by atoms with Gasteiger partial charge in [-0.2, -0.15) is 0 Å². The van der Waals surface area contributed by atoms with Crippen LogP contribution in [0, 0.1) is 6.92 Å². The maximum absolute atomic E-state index is 4.11. The molecule has 0 saturated carbocycles. The van der Waals surface area contributed by atoms with Crippen LogP contribution in [0.3, 0.4) is 0 Å². The molecule has 0 bridgehead atoms. The molecule has 0 unspecified atom stereocenters. The number of hydrogen-bond donors (Lipinski definition) is 1. The van der Waals surface area contributed by atoms with Crippen molar-refractivity contribution in [3.8, 4) is 0 Å². The maximum Gasteiger partial charge on any atom is 0.208 e.